The van der Waals surface area contributed by atoms with Gasteiger partial charge in [0.2, 0.25) is 0 Å². The number of sulfone groups is 1. The van der Waals surface area contributed by atoms with E-state index in [4.69, 9.17) is 4.74 Å². The first-order chi connectivity index (χ1) is 9.93. The zero-order valence-electron chi connectivity index (χ0n) is 12.0. The second kappa shape index (κ2) is 6.07. The fourth-order valence-electron chi connectivity index (χ4n) is 2.86. The molecule has 3 atom stereocenters. The summed E-state index contributed by atoms with van der Waals surface area (Å²) in [5, 5.41) is 8.92. The Hall–Kier alpha value is -0.900. The van der Waals surface area contributed by atoms with Gasteiger partial charge in [-0.05, 0) is 24.6 Å². The fourth-order valence-corrected chi connectivity index (χ4v) is 5.13. The molecule has 1 aliphatic rings. The highest BCUT2D eigenvalue weighted by Crippen LogP contribution is 2.63. The van der Waals surface area contributed by atoms with Gasteiger partial charge in [-0.3, -0.25) is 0 Å². The van der Waals surface area contributed by atoms with Crippen LogP contribution in [0.1, 0.15) is 25.3 Å². The highest BCUT2D eigenvalue weighted by atomic mass is 79.9. The van der Waals surface area contributed by atoms with Crippen LogP contribution in [0.4, 0.5) is 0 Å². The molecule has 21 heavy (non-hydrogen) atoms. The molecule has 0 bridgehead atoms. The molecule has 6 heteroatoms. The average molecular weight is 372 g/mol. The minimum atomic E-state index is -3.30. The third-order valence-corrected chi connectivity index (χ3v) is 6.83. The van der Waals surface area contributed by atoms with Crippen molar-refractivity contribution in [2.24, 2.45) is 5.41 Å². The van der Waals surface area contributed by atoms with Gasteiger partial charge < -0.3 is 4.74 Å². The van der Waals surface area contributed by atoms with E-state index in [2.05, 4.69) is 22.0 Å². The molecule has 0 saturated heterocycles. The van der Waals surface area contributed by atoms with Crippen molar-refractivity contribution in [2.75, 3.05) is 19.0 Å². The van der Waals surface area contributed by atoms with Crippen LogP contribution in [0.5, 0.6) is 0 Å². The summed E-state index contributed by atoms with van der Waals surface area (Å²) in [4.78, 5) is 0. The first kappa shape index (κ1) is 16.5. The van der Waals surface area contributed by atoms with Crippen molar-refractivity contribution >= 4 is 25.8 Å². The standard InChI is InChI=1S/C15H18BrNO3S/c1-3-20-10-15(9-17)13(14(15)21(18,19)4-2)11-5-7-12(16)8-6-11/h5-8,13-14H,3-4,10H2,1-2H3/t13-,14-,15-/m1/s1. The third-order valence-electron chi connectivity index (χ3n) is 4.03. The van der Waals surface area contributed by atoms with Crippen LogP contribution in [0.25, 0.3) is 0 Å². The number of rotatable bonds is 6. The van der Waals surface area contributed by atoms with Crippen molar-refractivity contribution in [2.45, 2.75) is 25.0 Å². The molecule has 1 aliphatic carbocycles. The quantitative estimate of drug-likeness (QED) is 0.770. The zero-order chi connectivity index (χ0) is 15.7. The number of nitrogens with zero attached hydrogens (tertiary/aromatic N) is 1. The van der Waals surface area contributed by atoms with Crippen molar-refractivity contribution in [1.82, 2.24) is 0 Å². The van der Waals surface area contributed by atoms with Crippen LogP contribution in [0.2, 0.25) is 0 Å². The largest absolute Gasteiger partial charge is 0.380 e. The van der Waals surface area contributed by atoms with Gasteiger partial charge in [0.25, 0.3) is 0 Å². The molecule has 0 aromatic heterocycles. The van der Waals surface area contributed by atoms with Crippen LogP contribution in [-0.2, 0) is 14.6 Å². The van der Waals surface area contributed by atoms with E-state index in [1.165, 1.54) is 0 Å². The maximum atomic E-state index is 12.3. The molecule has 0 N–H and O–H groups in total. The first-order valence-electron chi connectivity index (χ1n) is 6.89. The number of benzene rings is 1. The molecule has 1 fully saturated rings. The summed E-state index contributed by atoms with van der Waals surface area (Å²) in [6.07, 6.45) is 0. The van der Waals surface area contributed by atoms with Gasteiger partial charge in [0.05, 0.1) is 17.9 Å². The molecular formula is C15H18BrNO3S. The number of ether oxygens (including phenoxy) is 1. The predicted molar refractivity (Wildman–Crippen MR) is 84.7 cm³/mol. The lowest BCUT2D eigenvalue weighted by molar-refractivity contribution is 0.117. The molecule has 0 heterocycles. The highest BCUT2D eigenvalue weighted by Gasteiger charge is 2.71. The minimum Gasteiger partial charge on any atom is -0.380 e. The molecule has 114 valence electrons. The molecule has 0 amide bonds. The summed E-state index contributed by atoms with van der Waals surface area (Å²) < 4.78 is 31.0. The van der Waals surface area contributed by atoms with Crippen LogP contribution >= 0.6 is 15.9 Å². The monoisotopic (exact) mass is 371 g/mol. The normalized spacial score (nSPS) is 28.1. The maximum absolute atomic E-state index is 12.3. The van der Waals surface area contributed by atoms with Crippen LogP contribution in [-0.4, -0.2) is 32.6 Å². The number of hydrogen-bond donors (Lipinski definition) is 0. The van der Waals surface area contributed by atoms with Crippen molar-refractivity contribution in [3.8, 4) is 6.07 Å². The van der Waals surface area contributed by atoms with Crippen LogP contribution in [0, 0.1) is 16.7 Å². The van der Waals surface area contributed by atoms with E-state index in [0.29, 0.717) is 6.61 Å². The molecule has 1 saturated carbocycles. The Morgan fingerprint density at radius 1 is 1.33 bits per heavy atom. The molecule has 1 aromatic rings. The van der Waals surface area contributed by atoms with Gasteiger partial charge in [-0.25, -0.2) is 8.42 Å². The molecule has 0 unspecified atom stereocenters. The van der Waals surface area contributed by atoms with E-state index >= 15 is 0 Å². The summed E-state index contributed by atoms with van der Waals surface area (Å²) in [5.74, 6) is -0.271. The second-order valence-corrected chi connectivity index (χ2v) is 8.52. The molecule has 1 aromatic carbocycles. The average Bonchev–Trinajstić information content (AvgIpc) is 3.16. The highest BCUT2D eigenvalue weighted by molar-refractivity contribution is 9.10. The van der Waals surface area contributed by atoms with Gasteiger partial charge in [0.1, 0.15) is 5.41 Å². The fraction of sp³-hybridized carbons (Fsp3) is 0.533. The van der Waals surface area contributed by atoms with Crippen molar-refractivity contribution in [3.63, 3.8) is 0 Å². The maximum Gasteiger partial charge on any atom is 0.155 e. The predicted octanol–water partition coefficient (Wildman–Crippen LogP) is 2.90. The van der Waals surface area contributed by atoms with Gasteiger partial charge in [0, 0.05) is 22.8 Å². The van der Waals surface area contributed by atoms with E-state index in [0.717, 1.165) is 10.0 Å². The van der Waals surface area contributed by atoms with Crippen molar-refractivity contribution < 1.29 is 13.2 Å². The van der Waals surface area contributed by atoms with Crippen LogP contribution < -0.4 is 0 Å². The minimum absolute atomic E-state index is 0.0419. The Morgan fingerprint density at radius 3 is 2.43 bits per heavy atom. The molecular weight excluding hydrogens is 354 g/mol. The Balaban J connectivity index is 2.42. The van der Waals surface area contributed by atoms with E-state index in [-0.39, 0.29) is 18.3 Å². The van der Waals surface area contributed by atoms with Crippen molar-refractivity contribution in [1.29, 1.82) is 5.26 Å². The van der Waals surface area contributed by atoms with Crippen LogP contribution in [0.3, 0.4) is 0 Å². The Bertz CT molecular complexity index is 650. The summed E-state index contributed by atoms with van der Waals surface area (Å²) in [6, 6.07) is 9.71. The van der Waals surface area contributed by atoms with Gasteiger partial charge in [0.15, 0.2) is 9.84 Å². The lowest BCUT2D eigenvalue weighted by Crippen LogP contribution is -2.20. The summed E-state index contributed by atoms with van der Waals surface area (Å²) in [6.45, 7) is 4.08. The Labute approximate surface area is 134 Å². The van der Waals surface area contributed by atoms with Gasteiger partial charge in [-0.1, -0.05) is 35.0 Å². The Kier molecular flexibility index (Phi) is 4.76. The molecule has 4 nitrogen and oxygen atoms in total. The van der Waals surface area contributed by atoms with E-state index in [1.807, 2.05) is 31.2 Å². The van der Waals surface area contributed by atoms with Gasteiger partial charge in [-0.15, -0.1) is 0 Å². The van der Waals surface area contributed by atoms with E-state index in [9.17, 15) is 13.7 Å². The Morgan fingerprint density at radius 2 is 1.95 bits per heavy atom. The summed E-state index contributed by atoms with van der Waals surface area (Å²) in [7, 11) is -3.30. The lowest BCUT2D eigenvalue weighted by Gasteiger charge is -2.09. The number of hydrogen-bond acceptors (Lipinski definition) is 4. The molecule has 0 aliphatic heterocycles. The number of nitriles is 1. The lowest BCUT2D eigenvalue weighted by atomic mass is 10.0. The third kappa shape index (κ3) is 2.87. The van der Waals surface area contributed by atoms with E-state index in [1.54, 1.807) is 6.92 Å². The van der Waals surface area contributed by atoms with Gasteiger partial charge >= 0.3 is 0 Å². The molecule has 0 radical (unpaired) electrons. The molecule has 2 rings (SSSR count). The second-order valence-electron chi connectivity index (χ2n) is 5.19. The SMILES string of the molecule is CCOC[C@]1(C#N)[C@H](c2ccc(Br)cc2)[C@H]1S(=O)(=O)CC. The van der Waals surface area contributed by atoms with Crippen LogP contribution in [0.15, 0.2) is 28.7 Å². The summed E-state index contributed by atoms with van der Waals surface area (Å²) in [5.41, 5.74) is -0.0833. The molecule has 0 spiro atoms. The topological polar surface area (TPSA) is 67.2 Å². The van der Waals surface area contributed by atoms with Gasteiger partial charge in [-0.2, -0.15) is 5.26 Å². The summed E-state index contributed by atoms with van der Waals surface area (Å²) >= 11 is 3.36. The zero-order valence-corrected chi connectivity index (χ0v) is 14.4. The van der Waals surface area contributed by atoms with E-state index < -0.39 is 20.5 Å². The smallest absolute Gasteiger partial charge is 0.155 e. The number of halogens is 1. The first-order valence-corrected chi connectivity index (χ1v) is 9.39. The van der Waals surface area contributed by atoms with Crippen molar-refractivity contribution in [3.05, 3.63) is 34.3 Å².